The van der Waals surface area contributed by atoms with Gasteiger partial charge in [0.15, 0.2) is 0 Å². The number of carbonyl (C=O) groups excluding carboxylic acids is 3. The molecule has 0 radical (unpaired) electrons. The van der Waals surface area contributed by atoms with E-state index < -0.39 is 0 Å². The lowest BCUT2D eigenvalue weighted by molar-refractivity contribution is -0.124. The normalized spacial score (nSPS) is 17.6. The van der Waals surface area contributed by atoms with Gasteiger partial charge in [0.1, 0.15) is 0 Å². The lowest BCUT2D eigenvalue weighted by atomic mass is 10.0. The highest BCUT2D eigenvalue weighted by Gasteiger charge is 2.25. The smallest absolute Gasteiger partial charge is 0.256 e. The van der Waals surface area contributed by atoms with Crippen LogP contribution in [0.25, 0.3) is 11.6 Å². The van der Waals surface area contributed by atoms with E-state index in [4.69, 9.17) is 0 Å². The van der Waals surface area contributed by atoms with Crippen molar-refractivity contribution >= 4 is 35.1 Å². The summed E-state index contributed by atoms with van der Waals surface area (Å²) in [5.74, 6) is -0.303. The SMILES string of the molecule is Cc1[nH]c(C=C2C(=O)Nc3ccccc32)c(C)c1C(=O)NCCN1CCNC(=O)C1. The van der Waals surface area contributed by atoms with Gasteiger partial charge in [0.2, 0.25) is 5.91 Å². The number of aryl methyl sites for hydroxylation is 1. The highest BCUT2D eigenvalue weighted by Crippen LogP contribution is 2.33. The van der Waals surface area contributed by atoms with E-state index >= 15 is 0 Å². The molecule has 0 aliphatic carbocycles. The Kier molecular flexibility index (Phi) is 5.41. The predicted molar refractivity (Wildman–Crippen MR) is 115 cm³/mol. The zero-order valence-corrected chi connectivity index (χ0v) is 17.1. The van der Waals surface area contributed by atoms with Gasteiger partial charge in [-0.1, -0.05) is 18.2 Å². The number of piperazine rings is 1. The first-order valence-electron chi connectivity index (χ1n) is 10.0. The minimum absolute atomic E-state index is 0.0140. The number of carbonyl (C=O) groups is 3. The number of amides is 3. The van der Waals surface area contributed by atoms with Crippen LogP contribution in [0.1, 0.15) is 32.9 Å². The van der Waals surface area contributed by atoms with Crippen molar-refractivity contribution in [3.8, 4) is 0 Å². The summed E-state index contributed by atoms with van der Waals surface area (Å²) in [5.41, 5.74) is 5.10. The van der Waals surface area contributed by atoms with Crippen LogP contribution in [0.3, 0.4) is 0 Å². The van der Waals surface area contributed by atoms with Crippen molar-refractivity contribution in [2.45, 2.75) is 13.8 Å². The zero-order chi connectivity index (χ0) is 21.3. The van der Waals surface area contributed by atoms with Crippen molar-refractivity contribution in [3.05, 3.63) is 52.3 Å². The van der Waals surface area contributed by atoms with Gasteiger partial charge in [0.05, 0.1) is 17.7 Å². The summed E-state index contributed by atoms with van der Waals surface area (Å²) < 4.78 is 0. The van der Waals surface area contributed by atoms with Gasteiger partial charge in [-0.2, -0.15) is 0 Å². The molecule has 0 atom stereocenters. The molecule has 1 fully saturated rings. The molecule has 2 aliphatic rings. The summed E-state index contributed by atoms with van der Waals surface area (Å²) in [6.07, 6.45) is 1.80. The molecule has 1 aromatic heterocycles. The van der Waals surface area contributed by atoms with Crippen molar-refractivity contribution in [2.75, 3.05) is 38.0 Å². The van der Waals surface area contributed by atoms with Gasteiger partial charge >= 0.3 is 0 Å². The largest absolute Gasteiger partial charge is 0.358 e. The Morgan fingerprint density at radius 1 is 1.23 bits per heavy atom. The number of anilines is 1. The van der Waals surface area contributed by atoms with E-state index in [2.05, 4.69) is 20.9 Å². The number of hydrogen-bond acceptors (Lipinski definition) is 4. The third-order valence-electron chi connectivity index (χ3n) is 5.53. The molecule has 156 valence electrons. The molecular formula is C22H25N5O3. The number of nitrogens with zero attached hydrogens (tertiary/aromatic N) is 1. The number of benzene rings is 1. The molecular weight excluding hydrogens is 382 g/mol. The standard InChI is InChI=1S/C22H25N5O3/c1-13-18(11-16-15-5-3-4-6-17(15)26-21(16)29)25-14(2)20(13)22(30)24-8-10-27-9-7-23-19(28)12-27/h3-6,11,25H,7-10,12H2,1-2H3,(H,23,28)(H,24,30)(H,26,29). The van der Waals surface area contributed by atoms with Crippen LogP contribution in [0.5, 0.6) is 0 Å². The lowest BCUT2D eigenvalue weighted by Gasteiger charge is -2.26. The van der Waals surface area contributed by atoms with Gasteiger partial charge in [-0.05, 0) is 31.6 Å². The number of para-hydroxylation sites is 1. The van der Waals surface area contributed by atoms with Gasteiger partial charge in [0.25, 0.3) is 11.8 Å². The van der Waals surface area contributed by atoms with Gasteiger partial charge in [-0.3, -0.25) is 19.3 Å². The van der Waals surface area contributed by atoms with Crippen LogP contribution in [-0.2, 0) is 9.59 Å². The fourth-order valence-corrected chi connectivity index (χ4v) is 3.98. The Labute approximate surface area is 174 Å². The quantitative estimate of drug-likeness (QED) is 0.560. The second-order valence-electron chi connectivity index (χ2n) is 7.60. The summed E-state index contributed by atoms with van der Waals surface area (Å²) in [4.78, 5) is 41.9. The first-order chi connectivity index (χ1) is 14.4. The highest BCUT2D eigenvalue weighted by molar-refractivity contribution is 6.34. The van der Waals surface area contributed by atoms with Crippen LogP contribution >= 0.6 is 0 Å². The van der Waals surface area contributed by atoms with Crippen molar-refractivity contribution < 1.29 is 14.4 Å². The molecule has 8 nitrogen and oxygen atoms in total. The van der Waals surface area contributed by atoms with E-state index in [0.29, 0.717) is 37.3 Å². The van der Waals surface area contributed by atoms with Gasteiger partial charge < -0.3 is 20.9 Å². The molecule has 4 N–H and O–H groups in total. The van der Waals surface area contributed by atoms with E-state index in [9.17, 15) is 14.4 Å². The summed E-state index contributed by atoms with van der Waals surface area (Å²) in [6, 6.07) is 7.54. The molecule has 0 unspecified atom stereocenters. The topological polar surface area (TPSA) is 106 Å². The van der Waals surface area contributed by atoms with Gasteiger partial charge in [-0.15, -0.1) is 0 Å². The molecule has 30 heavy (non-hydrogen) atoms. The molecule has 2 aromatic rings. The second kappa shape index (κ2) is 8.16. The minimum atomic E-state index is -0.163. The van der Waals surface area contributed by atoms with Crippen molar-refractivity contribution in [3.63, 3.8) is 0 Å². The van der Waals surface area contributed by atoms with Crippen LogP contribution < -0.4 is 16.0 Å². The number of aromatic amines is 1. The number of H-pyrrole nitrogens is 1. The Balaban J connectivity index is 1.48. The maximum absolute atomic E-state index is 12.8. The number of fused-ring (bicyclic) bond motifs is 1. The van der Waals surface area contributed by atoms with Crippen LogP contribution in [0.4, 0.5) is 5.69 Å². The predicted octanol–water partition coefficient (Wildman–Crippen LogP) is 1.29. The van der Waals surface area contributed by atoms with Gasteiger partial charge in [-0.25, -0.2) is 0 Å². The molecule has 8 heteroatoms. The third kappa shape index (κ3) is 3.86. The average molecular weight is 407 g/mol. The van der Waals surface area contributed by atoms with Crippen LogP contribution in [0.15, 0.2) is 24.3 Å². The molecule has 1 saturated heterocycles. The summed E-state index contributed by atoms with van der Waals surface area (Å²) >= 11 is 0. The Bertz CT molecular complexity index is 1050. The molecule has 0 bridgehead atoms. The Hall–Kier alpha value is -3.39. The maximum atomic E-state index is 12.8. The lowest BCUT2D eigenvalue weighted by Crippen LogP contribution is -2.49. The minimum Gasteiger partial charge on any atom is -0.358 e. The fraction of sp³-hybridized carbons (Fsp3) is 0.318. The molecule has 2 aliphatic heterocycles. The average Bonchev–Trinajstić information content (AvgIpc) is 3.17. The molecule has 0 saturated carbocycles. The highest BCUT2D eigenvalue weighted by atomic mass is 16.2. The Morgan fingerprint density at radius 2 is 2.03 bits per heavy atom. The molecule has 1 aromatic carbocycles. The van der Waals surface area contributed by atoms with E-state index in [0.717, 1.165) is 34.7 Å². The number of aromatic nitrogens is 1. The summed E-state index contributed by atoms with van der Waals surface area (Å²) in [6.45, 7) is 6.58. The van der Waals surface area contributed by atoms with E-state index in [-0.39, 0.29) is 17.7 Å². The Morgan fingerprint density at radius 3 is 2.83 bits per heavy atom. The molecule has 0 spiro atoms. The summed E-state index contributed by atoms with van der Waals surface area (Å²) in [5, 5.41) is 8.59. The number of rotatable bonds is 5. The second-order valence-corrected chi connectivity index (χ2v) is 7.60. The zero-order valence-electron chi connectivity index (χ0n) is 17.1. The molecule has 3 heterocycles. The number of hydrogen-bond donors (Lipinski definition) is 4. The summed E-state index contributed by atoms with van der Waals surface area (Å²) in [7, 11) is 0. The maximum Gasteiger partial charge on any atom is 0.256 e. The van der Waals surface area contributed by atoms with Crippen molar-refractivity contribution in [1.29, 1.82) is 0 Å². The van der Waals surface area contributed by atoms with E-state index in [1.54, 1.807) is 6.08 Å². The first-order valence-corrected chi connectivity index (χ1v) is 10.0. The van der Waals surface area contributed by atoms with Crippen LogP contribution in [0, 0.1) is 13.8 Å². The first kappa shape index (κ1) is 19.9. The fourth-order valence-electron chi connectivity index (χ4n) is 3.98. The van der Waals surface area contributed by atoms with Crippen LogP contribution in [-0.4, -0.2) is 60.3 Å². The third-order valence-corrected chi connectivity index (χ3v) is 5.53. The molecule has 3 amide bonds. The molecule has 4 rings (SSSR count). The van der Waals surface area contributed by atoms with E-state index in [1.807, 2.05) is 43.0 Å². The van der Waals surface area contributed by atoms with Crippen molar-refractivity contribution in [2.24, 2.45) is 0 Å². The van der Waals surface area contributed by atoms with E-state index in [1.165, 1.54) is 0 Å². The van der Waals surface area contributed by atoms with Crippen LogP contribution in [0.2, 0.25) is 0 Å². The van der Waals surface area contributed by atoms with Gasteiger partial charge in [0, 0.05) is 48.8 Å². The van der Waals surface area contributed by atoms with Crippen molar-refractivity contribution in [1.82, 2.24) is 20.5 Å². The number of nitrogens with one attached hydrogen (secondary N) is 4. The monoisotopic (exact) mass is 407 g/mol.